The Kier molecular flexibility index (Phi) is 2.75. The van der Waals surface area contributed by atoms with Gasteiger partial charge in [-0.15, -0.1) is 10.2 Å². The van der Waals surface area contributed by atoms with Crippen LogP contribution in [0.15, 0.2) is 10.2 Å². The number of hydrogen-bond donors (Lipinski definition) is 0. The molecule has 3 atom stereocenters. The quantitative estimate of drug-likeness (QED) is 0.721. The number of rotatable bonds is 2. The van der Waals surface area contributed by atoms with Crippen LogP contribution in [0.25, 0.3) is 0 Å². The lowest BCUT2D eigenvalue weighted by Crippen LogP contribution is -2.32. The highest BCUT2D eigenvalue weighted by atomic mass is 35.5. The van der Waals surface area contributed by atoms with Crippen molar-refractivity contribution in [2.45, 2.75) is 26.2 Å². The van der Waals surface area contributed by atoms with Crippen molar-refractivity contribution in [2.75, 3.05) is 0 Å². The summed E-state index contributed by atoms with van der Waals surface area (Å²) in [5.74, 6) is -0.695. The zero-order valence-corrected chi connectivity index (χ0v) is 9.56. The first-order valence-electron chi connectivity index (χ1n) is 4.69. The summed E-state index contributed by atoms with van der Waals surface area (Å²) in [7, 11) is 0. The molecule has 2 rings (SSSR count). The summed E-state index contributed by atoms with van der Waals surface area (Å²) in [4.78, 5) is 0. The minimum Gasteiger partial charge on any atom is -0.210 e. The lowest BCUT2D eigenvalue weighted by molar-refractivity contribution is 0.108. The molecule has 0 bridgehead atoms. The summed E-state index contributed by atoms with van der Waals surface area (Å²) in [6.45, 7) is 1.82. The minimum absolute atomic E-state index is 0.127. The Morgan fingerprint density at radius 1 is 1.40 bits per heavy atom. The van der Waals surface area contributed by atoms with Crippen LogP contribution in [-0.4, -0.2) is 16.8 Å². The summed E-state index contributed by atoms with van der Waals surface area (Å²) in [5, 5.41) is 7.98. The van der Waals surface area contributed by atoms with Crippen LogP contribution in [0, 0.1) is 17.3 Å². The average molecular weight is 255 g/mol. The van der Waals surface area contributed by atoms with Crippen LogP contribution in [0.1, 0.15) is 19.8 Å². The molecule has 0 saturated heterocycles. The lowest BCUT2D eigenvalue weighted by Gasteiger charge is -2.29. The zero-order chi connectivity index (χ0) is 11.2. The fourth-order valence-corrected chi connectivity index (χ4v) is 2.69. The number of nitrogens with zero attached hydrogens (tertiary/aromatic N) is 2. The largest absolute Gasteiger partial charge is 0.241 e. The Hall–Kier alpha value is -0.220. The third kappa shape index (κ3) is 1.89. The molecule has 1 fully saturated rings. The minimum atomic E-state index is -2.28. The van der Waals surface area contributed by atoms with E-state index < -0.39 is 17.8 Å². The first-order valence-corrected chi connectivity index (χ1v) is 5.45. The van der Waals surface area contributed by atoms with Crippen LogP contribution < -0.4 is 0 Å². The molecule has 0 aromatic heterocycles. The molecule has 0 aromatic carbocycles. The van der Waals surface area contributed by atoms with Crippen LogP contribution in [-0.2, 0) is 0 Å². The van der Waals surface area contributed by atoms with Gasteiger partial charge in [0.1, 0.15) is 10.3 Å². The highest BCUT2D eigenvalue weighted by Crippen LogP contribution is 2.57. The molecule has 1 heterocycles. The predicted molar refractivity (Wildman–Crippen MR) is 56.9 cm³/mol. The van der Waals surface area contributed by atoms with E-state index in [1.165, 1.54) is 0 Å². The van der Waals surface area contributed by atoms with Crippen LogP contribution in [0.4, 0.5) is 8.78 Å². The summed E-state index contributed by atoms with van der Waals surface area (Å²) >= 11 is 11.7. The monoisotopic (exact) mass is 254 g/mol. The Morgan fingerprint density at radius 3 is 2.60 bits per heavy atom. The maximum atomic E-state index is 12.5. The fraction of sp³-hybridized carbons (Fsp3) is 0.778. The van der Waals surface area contributed by atoms with E-state index in [9.17, 15) is 8.78 Å². The van der Waals surface area contributed by atoms with Crippen LogP contribution in [0.5, 0.6) is 0 Å². The van der Waals surface area contributed by atoms with Gasteiger partial charge in [-0.25, -0.2) is 8.78 Å². The molecule has 0 N–H and O–H groups in total. The molecular weight excluding hydrogens is 245 g/mol. The molecule has 1 aliphatic heterocycles. The predicted octanol–water partition coefficient (Wildman–Crippen LogP) is 3.49. The fourth-order valence-electron chi connectivity index (χ4n) is 2.13. The third-order valence-electron chi connectivity index (χ3n) is 3.21. The van der Waals surface area contributed by atoms with Gasteiger partial charge in [0.25, 0.3) is 0 Å². The maximum absolute atomic E-state index is 12.5. The molecule has 2 aliphatic rings. The van der Waals surface area contributed by atoms with E-state index in [-0.39, 0.29) is 5.92 Å². The highest BCUT2D eigenvalue weighted by Gasteiger charge is 2.57. The topological polar surface area (TPSA) is 24.7 Å². The van der Waals surface area contributed by atoms with E-state index in [1.807, 2.05) is 6.92 Å². The number of halogens is 4. The van der Waals surface area contributed by atoms with Gasteiger partial charge in [-0.05, 0) is 12.3 Å². The van der Waals surface area contributed by atoms with Gasteiger partial charge in [0.2, 0.25) is 6.43 Å². The Labute approximate surface area is 96.3 Å². The van der Waals surface area contributed by atoms with Gasteiger partial charge >= 0.3 is 0 Å². The molecule has 6 heteroatoms. The van der Waals surface area contributed by atoms with Crippen molar-refractivity contribution in [3.63, 3.8) is 0 Å². The van der Waals surface area contributed by atoms with Gasteiger partial charge in [-0.2, -0.15) is 0 Å². The summed E-state index contributed by atoms with van der Waals surface area (Å²) < 4.78 is 24.9. The van der Waals surface area contributed by atoms with Crippen molar-refractivity contribution in [2.24, 2.45) is 27.5 Å². The summed E-state index contributed by atoms with van der Waals surface area (Å²) in [6.07, 6.45) is -1.39. The molecular formula is C9H10Cl2F2N2. The Balaban J connectivity index is 2.16. The van der Waals surface area contributed by atoms with Gasteiger partial charge in [0.05, 0.1) is 0 Å². The first kappa shape index (κ1) is 11.3. The maximum Gasteiger partial charge on any atom is 0.241 e. The molecule has 2 nitrogen and oxygen atoms in total. The second-order valence-corrected chi connectivity index (χ2v) is 5.10. The molecule has 1 unspecified atom stereocenters. The van der Waals surface area contributed by atoms with Crippen molar-refractivity contribution >= 4 is 33.5 Å². The van der Waals surface area contributed by atoms with Crippen molar-refractivity contribution in [1.29, 1.82) is 0 Å². The second kappa shape index (κ2) is 3.67. The lowest BCUT2D eigenvalue weighted by atomic mass is 9.81. The Morgan fingerprint density at radius 2 is 2.07 bits per heavy atom. The van der Waals surface area contributed by atoms with E-state index in [0.717, 1.165) is 0 Å². The van der Waals surface area contributed by atoms with Crippen molar-refractivity contribution in [3.8, 4) is 0 Å². The van der Waals surface area contributed by atoms with E-state index in [4.69, 9.17) is 23.2 Å². The molecule has 84 valence electrons. The standard InChI is InChI=1S/C9H10Cl2F2N2/c1-9(5-2-4(5)7(12)13)3-6(10)14-15-8(9)11/h4-5,7H,2-3H2,1H3/t4-,5-,9?/m0/s1. The highest BCUT2D eigenvalue weighted by molar-refractivity contribution is 6.70. The second-order valence-electron chi connectivity index (χ2n) is 4.30. The molecule has 15 heavy (non-hydrogen) atoms. The van der Waals surface area contributed by atoms with E-state index >= 15 is 0 Å². The van der Waals surface area contributed by atoms with E-state index in [2.05, 4.69) is 10.2 Å². The molecule has 1 saturated carbocycles. The molecule has 1 aliphatic carbocycles. The number of alkyl halides is 2. The van der Waals surface area contributed by atoms with Crippen LogP contribution in [0.3, 0.4) is 0 Å². The molecule has 0 radical (unpaired) electrons. The van der Waals surface area contributed by atoms with E-state index in [1.54, 1.807) is 0 Å². The van der Waals surface area contributed by atoms with Crippen LogP contribution in [0.2, 0.25) is 0 Å². The van der Waals surface area contributed by atoms with Crippen molar-refractivity contribution in [1.82, 2.24) is 0 Å². The summed E-state index contributed by atoms with van der Waals surface area (Å²) in [6, 6.07) is 0. The molecule has 0 spiro atoms. The van der Waals surface area contributed by atoms with Gasteiger partial charge in [-0.3, -0.25) is 0 Å². The van der Waals surface area contributed by atoms with Gasteiger partial charge in [-0.1, -0.05) is 30.1 Å². The first-order chi connectivity index (χ1) is 6.95. The van der Waals surface area contributed by atoms with Gasteiger partial charge in [0.15, 0.2) is 0 Å². The normalized spacial score (nSPS) is 40.1. The summed E-state index contributed by atoms with van der Waals surface area (Å²) in [5.41, 5.74) is -0.554. The van der Waals surface area contributed by atoms with E-state index in [0.29, 0.717) is 23.2 Å². The van der Waals surface area contributed by atoms with Crippen molar-refractivity contribution < 1.29 is 8.78 Å². The smallest absolute Gasteiger partial charge is 0.210 e. The Bertz CT molecular complexity index is 343. The molecule has 0 aromatic rings. The zero-order valence-electron chi connectivity index (χ0n) is 8.05. The molecule has 0 amide bonds. The van der Waals surface area contributed by atoms with Gasteiger partial charge in [0, 0.05) is 17.8 Å². The average Bonchev–Trinajstić information content (AvgIpc) is 2.91. The van der Waals surface area contributed by atoms with Gasteiger partial charge < -0.3 is 0 Å². The van der Waals surface area contributed by atoms with Crippen LogP contribution >= 0.6 is 23.2 Å². The van der Waals surface area contributed by atoms with Crippen molar-refractivity contribution in [3.05, 3.63) is 0 Å². The number of hydrogen-bond acceptors (Lipinski definition) is 2. The SMILES string of the molecule is CC1([C@H]2C[C@@H]2C(F)F)CC(Cl)=NN=C1Cl. The third-order valence-corrected chi connectivity index (χ3v) is 3.93.